The molecule has 1 aromatic carbocycles. The number of carbonyl (C=O) groups is 1. The van der Waals surface area contributed by atoms with E-state index in [1.54, 1.807) is 4.90 Å². The van der Waals surface area contributed by atoms with Crippen molar-refractivity contribution in [2.24, 2.45) is 0 Å². The van der Waals surface area contributed by atoms with Gasteiger partial charge in [-0.2, -0.15) is 23.0 Å². The van der Waals surface area contributed by atoms with Gasteiger partial charge in [0.2, 0.25) is 5.91 Å². The fourth-order valence-electron chi connectivity index (χ4n) is 3.77. The van der Waals surface area contributed by atoms with Crippen LogP contribution in [0.4, 0.5) is 18.9 Å². The number of amides is 1. The second-order valence-electron chi connectivity index (χ2n) is 7.93. The molecule has 0 saturated carbocycles. The van der Waals surface area contributed by atoms with Crippen LogP contribution in [0.25, 0.3) is 5.82 Å². The fourth-order valence-corrected chi connectivity index (χ4v) is 4.02. The van der Waals surface area contributed by atoms with Crippen LogP contribution in [-0.2, 0) is 17.4 Å². The molecule has 0 N–H and O–H groups in total. The summed E-state index contributed by atoms with van der Waals surface area (Å²) in [6.45, 7) is 3.82. The predicted octanol–water partition coefficient (Wildman–Crippen LogP) is 3.50. The van der Waals surface area contributed by atoms with Crippen LogP contribution in [0.1, 0.15) is 16.7 Å². The first-order valence-corrected chi connectivity index (χ1v) is 10.9. The molecule has 0 radical (unpaired) electrons. The Morgan fingerprint density at radius 2 is 1.76 bits per heavy atom. The van der Waals surface area contributed by atoms with Crippen LogP contribution in [0.5, 0.6) is 0 Å². The Morgan fingerprint density at radius 1 is 1.06 bits per heavy atom. The molecule has 178 valence electrons. The highest BCUT2D eigenvalue weighted by Crippen LogP contribution is 2.29. The number of benzene rings is 1. The summed E-state index contributed by atoms with van der Waals surface area (Å²) in [6.07, 6.45) is -2.19. The molecule has 1 aliphatic heterocycles. The Labute approximate surface area is 198 Å². The number of carbonyl (C=O) groups excluding carboxylic acids is 1. The highest BCUT2D eigenvalue weighted by molar-refractivity contribution is 6.33. The molecular formula is C23H21ClF3N5O2. The summed E-state index contributed by atoms with van der Waals surface area (Å²) in [7, 11) is 0. The van der Waals surface area contributed by atoms with Crippen LogP contribution in [-0.4, -0.2) is 51.8 Å². The van der Waals surface area contributed by atoms with Crippen LogP contribution in [0.3, 0.4) is 0 Å². The number of nitrogens with zero attached hydrogens (tertiary/aromatic N) is 5. The summed E-state index contributed by atoms with van der Waals surface area (Å²) in [4.78, 5) is 32.8. The number of alkyl halides is 3. The SMILES string of the molecule is Cc1ccccc1CC(=O)N1CCN(c2cnn(-c3ccc(C(F)(F)F)cn3)c(=O)c2Cl)CC1. The maximum Gasteiger partial charge on any atom is 0.417 e. The van der Waals surface area contributed by atoms with Crippen molar-refractivity contribution >= 4 is 23.2 Å². The average molecular weight is 492 g/mol. The van der Waals surface area contributed by atoms with Crippen molar-refractivity contribution in [1.82, 2.24) is 19.7 Å². The van der Waals surface area contributed by atoms with E-state index >= 15 is 0 Å². The van der Waals surface area contributed by atoms with Gasteiger partial charge in [0.1, 0.15) is 5.02 Å². The second kappa shape index (κ2) is 9.46. The summed E-state index contributed by atoms with van der Waals surface area (Å²) in [5.74, 6) is -0.0416. The lowest BCUT2D eigenvalue weighted by atomic mass is 10.1. The molecule has 11 heteroatoms. The third-order valence-corrected chi connectivity index (χ3v) is 6.12. The molecule has 4 rings (SSSR count). The molecule has 1 aliphatic rings. The quantitative estimate of drug-likeness (QED) is 0.558. The van der Waals surface area contributed by atoms with E-state index in [0.717, 1.165) is 27.9 Å². The minimum atomic E-state index is -4.53. The van der Waals surface area contributed by atoms with E-state index in [-0.39, 0.29) is 16.7 Å². The molecule has 1 amide bonds. The number of hydrogen-bond acceptors (Lipinski definition) is 5. The second-order valence-corrected chi connectivity index (χ2v) is 8.31. The number of rotatable bonds is 4. The summed E-state index contributed by atoms with van der Waals surface area (Å²) >= 11 is 6.31. The third-order valence-electron chi connectivity index (χ3n) is 5.77. The van der Waals surface area contributed by atoms with Crippen molar-refractivity contribution in [3.8, 4) is 5.82 Å². The molecular weight excluding hydrogens is 471 g/mol. The molecule has 0 atom stereocenters. The van der Waals surface area contributed by atoms with Crippen molar-refractivity contribution in [1.29, 1.82) is 0 Å². The first-order chi connectivity index (χ1) is 16.1. The Bertz CT molecular complexity index is 1250. The van der Waals surface area contributed by atoms with Gasteiger partial charge in [0.15, 0.2) is 5.82 Å². The molecule has 34 heavy (non-hydrogen) atoms. The third kappa shape index (κ3) is 4.91. The Kier molecular flexibility index (Phi) is 6.60. The minimum absolute atomic E-state index is 0.0296. The molecule has 1 saturated heterocycles. The summed E-state index contributed by atoms with van der Waals surface area (Å²) in [5.41, 5.74) is 0.838. The monoisotopic (exact) mass is 491 g/mol. The zero-order chi connectivity index (χ0) is 24.5. The summed E-state index contributed by atoms with van der Waals surface area (Å²) in [5, 5.41) is 3.94. The topological polar surface area (TPSA) is 71.3 Å². The Balaban J connectivity index is 1.45. The lowest BCUT2D eigenvalue weighted by Gasteiger charge is -2.36. The Hall–Kier alpha value is -3.40. The van der Waals surface area contributed by atoms with Gasteiger partial charge < -0.3 is 9.80 Å². The van der Waals surface area contributed by atoms with Crippen LogP contribution in [0, 0.1) is 6.92 Å². The normalized spacial score (nSPS) is 14.4. The zero-order valence-corrected chi connectivity index (χ0v) is 19.0. The number of aromatic nitrogens is 3. The van der Waals surface area contributed by atoms with E-state index in [1.165, 1.54) is 6.20 Å². The first kappa shape index (κ1) is 23.7. The molecule has 3 aromatic rings. The Morgan fingerprint density at radius 3 is 2.38 bits per heavy atom. The van der Waals surface area contributed by atoms with E-state index in [4.69, 9.17) is 11.6 Å². The molecule has 2 aromatic heterocycles. The molecule has 0 unspecified atom stereocenters. The maximum absolute atomic E-state index is 12.8. The molecule has 7 nitrogen and oxygen atoms in total. The molecule has 1 fully saturated rings. The van der Waals surface area contributed by atoms with Gasteiger partial charge in [-0.15, -0.1) is 0 Å². The van der Waals surface area contributed by atoms with E-state index < -0.39 is 17.3 Å². The highest BCUT2D eigenvalue weighted by atomic mass is 35.5. The van der Waals surface area contributed by atoms with Crippen molar-refractivity contribution in [2.75, 3.05) is 31.1 Å². The van der Waals surface area contributed by atoms with E-state index in [0.29, 0.717) is 44.5 Å². The molecule has 0 spiro atoms. The van der Waals surface area contributed by atoms with Gasteiger partial charge in [-0.1, -0.05) is 35.9 Å². The van der Waals surface area contributed by atoms with E-state index in [1.807, 2.05) is 36.1 Å². The predicted molar refractivity (Wildman–Crippen MR) is 121 cm³/mol. The number of piperazine rings is 1. The lowest BCUT2D eigenvalue weighted by molar-refractivity contribution is -0.137. The highest BCUT2D eigenvalue weighted by Gasteiger charge is 2.31. The van der Waals surface area contributed by atoms with Gasteiger partial charge in [-0.05, 0) is 30.2 Å². The fraction of sp³-hybridized carbons (Fsp3) is 0.304. The number of hydrogen-bond donors (Lipinski definition) is 0. The van der Waals surface area contributed by atoms with Gasteiger partial charge in [0.05, 0.1) is 23.9 Å². The summed E-state index contributed by atoms with van der Waals surface area (Å²) < 4.78 is 39.1. The van der Waals surface area contributed by atoms with Crippen molar-refractivity contribution in [2.45, 2.75) is 19.5 Å². The molecule has 3 heterocycles. The first-order valence-electron chi connectivity index (χ1n) is 10.5. The van der Waals surface area contributed by atoms with Crippen LogP contribution in [0.15, 0.2) is 53.6 Å². The average Bonchev–Trinajstić information content (AvgIpc) is 2.82. The van der Waals surface area contributed by atoms with Gasteiger partial charge in [0, 0.05) is 32.4 Å². The lowest BCUT2D eigenvalue weighted by Crippen LogP contribution is -2.49. The minimum Gasteiger partial charge on any atom is -0.365 e. The van der Waals surface area contributed by atoms with Gasteiger partial charge in [-0.25, -0.2) is 4.98 Å². The number of anilines is 1. The standard InChI is InChI=1S/C23H21ClF3N5O2/c1-15-4-2-3-5-16(15)12-20(33)31-10-8-30(9-11-31)18-14-29-32(22(34)21(18)24)19-7-6-17(13-28-19)23(25,26)27/h2-7,13-14H,8-12H2,1H3. The van der Waals surface area contributed by atoms with Crippen LogP contribution in [0.2, 0.25) is 5.02 Å². The van der Waals surface area contributed by atoms with Crippen LogP contribution < -0.4 is 10.5 Å². The van der Waals surface area contributed by atoms with Crippen LogP contribution >= 0.6 is 11.6 Å². The van der Waals surface area contributed by atoms with Gasteiger partial charge >= 0.3 is 6.18 Å². The van der Waals surface area contributed by atoms with Crippen molar-refractivity contribution in [3.63, 3.8) is 0 Å². The zero-order valence-electron chi connectivity index (χ0n) is 18.2. The number of halogens is 4. The number of pyridine rings is 1. The maximum atomic E-state index is 12.8. The van der Waals surface area contributed by atoms with Crippen molar-refractivity contribution < 1.29 is 18.0 Å². The van der Waals surface area contributed by atoms with Gasteiger partial charge in [0.25, 0.3) is 5.56 Å². The largest absolute Gasteiger partial charge is 0.417 e. The van der Waals surface area contributed by atoms with Crippen molar-refractivity contribution in [3.05, 3.63) is 80.9 Å². The summed E-state index contributed by atoms with van der Waals surface area (Å²) in [6, 6.07) is 9.64. The smallest absolute Gasteiger partial charge is 0.365 e. The van der Waals surface area contributed by atoms with E-state index in [2.05, 4.69) is 10.1 Å². The number of aryl methyl sites for hydroxylation is 1. The van der Waals surface area contributed by atoms with Gasteiger partial charge in [-0.3, -0.25) is 9.59 Å². The molecule has 0 bridgehead atoms. The molecule has 0 aliphatic carbocycles. The van der Waals surface area contributed by atoms with E-state index in [9.17, 15) is 22.8 Å².